The Labute approximate surface area is 225 Å². The van der Waals surface area contributed by atoms with Crippen molar-refractivity contribution in [3.05, 3.63) is 59.2 Å². The minimum atomic E-state index is -0.704. The first kappa shape index (κ1) is 27.8. The zero-order valence-corrected chi connectivity index (χ0v) is 23.2. The van der Waals surface area contributed by atoms with Gasteiger partial charge in [0.1, 0.15) is 5.92 Å². The second-order valence-corrected chi connectivity index (χ2v) is 12.0. The molecule has 204 valence electrons. The summed E-state index contributed by atoms with van der Waals surface area (Å²) in [5.41, 5.74) is 3.18. The standard InChI is InChI=1S/C30H39N3O5/c1-7-8-24(34)31-21-13-14-23-22(15-21)25(28-37-17-30(5,6)18-38-28)27(36)33(23)16-19-9-11-20(12-10-19)26(35)32-29(2,3)4/h9-15,25,28H,7-8,16-18H2,1-6H3,(H,31,34)(H,32,35). The minimum Gasteiger partial charge on any atom is -0.351 e. The summed E-state index contributed by atoms with van der Waals surface area (Å²) in [6.07, 6.45) is 0.477. The van der Waals surface area contributed by atoms with Crippen molar-refractivity contribution in [1.82, 2.24) is 5.32 Å². The molecule has 0 aromatic heterocycles. The number of ether oxygens (including phenoxy) is 2. The highest BCUT2D eigenvalue weighted by atomic mass is 16.7. The molecule has 2 N–H and O–H groups in total. The van der Waals surface area contributed by atoms with Crippen LogP contribution in [0.25, 0.3) is 0 Å². The predicted molar refractivity (Wildman–Crippen MR) is 147 cm³/mol. The SMILES string of the molecule is CCCC(=O)Nc1ccc2c(c1)C(C1OCC(C)(C)CO1)C(=O)N2Cc1ccc(C(=O)NC(C)(C)C)cc1. The highest BCUT2D eigenvalue weighted by molar-refractivity contribution is 6.06. The molecule has 2 heterocycles. The molecule has 2 aliphatic heterocycles. The van der Waals surface area contributed by atoms with Gasteiger partial charge in [0.2, 0.25) is 11.8 Å². The molecule has 1 unspecified atom stereocenters. The van der Waals surface area contributed by atoms with Crippen LogP contribution in [0.15, 0.2) is 42.5 Å². The predicted octanol–water partition coefficient (Wildman–Crippen LogP) is 4.98. The number of carbonyl (C=O) groups excluding carboxylic acids is 3. The first-order valence-electron chi connectivity index (χ1n) is 13.3. The number of rotatable bonds is 7. The number of benzene rings is 2. The van der Waals surface area contributed by atoms with E-state index in [4.69, 9.17) is 9.47 Å². The van der Waals surface area contributed by atoms with Gasteiger partial charge in [-0.3, -0.25) is 14.4 Å². The fourth-order valence-electron chi connectivity index (χ4n) is 4.68. The molecular weight excluding hydrogens is 482 g/mol. The first-order valence-corrected chi connectivity index (χ1v) is 13.3. The van der Waals surface area contributed by atoms with Crippen LogP contribution in [0.1, 0.15) is 81.8 Å². The van der Waals surface area contributed by atoms with Crippen molar-refractivity contribution in [3.8, 4) is 0 Å². The molecule has 0 bridgehead atoms. The monoisotopic (exact) mass is 521 g/mol. The number of hydrogen-bond donors (Lipinski definition) is 2. The maximum absolute atomic E-state index is 13.8. The fourth-order valence-corrected chi connectivity index (χ4v) is 4.68. The molecule has 2 aromatic carbocycles. The Bertz CT molecular complexity index is 1190. The fraction of sp³-hybridized carbons (Fsp3) is 0.500. The quantitative estimate of drug-likeness (QED) is 0.536. The number of fused-ring (bicyclic) bond motifs is 1. The number of hydrogen-bond acceptors (Lipinski definition) is 5. The molecule has 0 spiro atoms. The van der Waals surface area contributed by atoms with Gasteiger partial charge in [-0.25, -0.2) is 0 Å². The average molecular weight is 522 g/mol. The van der Waals surface area contributed by atoms with Crippen LogP contribution in [0.5, 0.6) is 0 Å². The molecule has 2 aromatic rings. The van der Waals surface area contributed by atoms with Crippen LogP contribution < -0.4 is 15.5 Å². The second kappa shape index (κ2) is 10.9. The van der Waals surface area contributed by atoms with Crippen LogP contribution in [-0.4, -0.2) is 42.8 Å². The van der Waals surface area contributed by atoms with E-state index in [9.17, 15) is 14.4 Å². The summed E-state index contributed by atoms with van der Waals surface area (Å²) in [4.78, 5) is 40.3. The third-order valence-electron chi connectivity index (χ3n) is 6.54. The first-order chi connectivity index (χ1) is 17.9. The Morgan fingerprint density at radius 2 is 1.71 bits per heavy atom. The smallest absolute Gasteiger partial charge is 0.251 e. The van der Waals surface area contributed by atoms with Crippen LogP contribution in [-0.2, 0) is 25.6 Å². The van der Waals surface area contributed by atoms with Crippen LogP contribution >= 0.6 is 0 Å². The Balaban J connectivity index is 1.59. The summed E-state index contributed by atoms with van der Waals surface area (Å²) in [7, 11) is 0. The minimum absolute atomic E-state index is 0.0623. The Hall–Kier alpha value is -3.23. The molecule has 1 saturated heterocycles. The van der Waals surface area contributed by atoms with E-state index in [2.05, 4.69) is 24.5 Å². The van der Waals surface area contributed by atoms with Crippen molar-refractivity contribution in [2.75, 3.05) is 23.4 Å². The largest absolute Gasteiger partial charge is 0.351 e. The van der Waals surface area contributed by atoms with Crippen molar-refractivity contribution in [2.45, 2.75) is 78.7 Å². The van der Waals surface area contributed by atoms with Crippen LogP contribution in [0, 0.1) is 5.41 Å². The molecule has 8 heteroatoms. The molecular formula is C30H39N3O5. The Morgan fingerprint density at radius 1 is 1.05 bits per heavy atom. The lowest BCUT2D eigenvalue weighted by Crippen LogP contribution is -2.43. The van der Waals surface area contributed by atoms with Gasteiger partial charge in [-0.1, -0.05) is 32.9 Å². The Morgan fingerprint density at radius 3 is 2.32 bits per heavy atom. The molecule has 0 aliphatic carbocycles. The number of nitrogens with one attached hydrogen (secondary N) is 2. The van der Waals surface area contributed by atoms with Gasteiger partial charge in [-0.2, -0.15) is 0 Å². The number of carbonyl (C=O) groups is 3. The number of anilines is 2. The molecule has 0 saturated carbocycles. The van der Waals surface area contributed by atoms with E-state index in [1.54, 1.807) is 17.0 Å². The van der Waals surface area contributed by atoms with E-state index < -0.39 is 12.2 Å². The average Bonchev–Trinajstić information content (AvgIpc) is 3.09. The lowest BCUT2D eigenvalue weighted by Gasteiger charge is -2.36. The van der Waals surface area contributed by atoms with Crippen molar-refractivity contribution in [1.29, 1.82) is 0 Å². The second-order valence-electron chi connectivity index (χ2n) is 12.0. The summed E-state index contributed by atoms with van der Waals surface area (Å²) in [5, 5.41) is 5.89. The summed E-state index contributed by atoms with van der Waals surface area (Å²) in [6, 6.07) is 12.8. The van der Waals surface area contributed by atoms with E-state index in [0.29, 0.717) is 37.4 Å². The molecule has 3 amide bonds. The van der Waals surface area contributed by atoms with Gasteiger partial charge in [-0.15, -0.1) is 0 Å². The third-order valence-corrected chi connectivity index (χ3v) is 6.54. The van der Waals surface area contributed by atoms with E-state index in [0.717, 1.165) is 23.2 Å². The summed E-state index contributed by atoms with van der Waals surface area (Å²) < 4.78 is 12.1. The molecule has 8 nitrogen and oxygen atoms in total. The molecule has 2 aliphatic rings. The van der Waals surface area contributed by atoms with Crippen molar-refractivity contribution in [3.63, 3.8) is 0 Å². The molecule has 1 atom stereocenters. The van der Waals surface area contributed by atoms with E-state index in [-0.39, 0.29) is 28.7 Å². The normalized spacial score (nSPS) is 19.3. The van der Waals surface area contributed by atoms with E-state index >= 15 is 0 Å². The number of nitrogens with zero attached hydrogens (tertiary/aromatic N) is 1. The van der Waals surface area contributed by atoms with Crippen molar-refractivity contribution >= 4 is 29.1 Å². The third kappa shape index (κ3) is 6.42. The van der Waals surface area contributed by atoms with Gasteiger partial charge in [0.25, 0.3) is 5.91 Å². The van der Waals surface area contributed by atoms with E-state index in [1.165, 1.54) is 0 Å². The summed E-state index contributed by atoms with van der Waals surface area (Å²) in [5.74, 6) is -0.955. The number of amides is 3. The highest BCUT2D eigenvalue weighted by Crippen LogP contribution is 2.44. The van der Waals surface area contributed by atoms with E-state index in [1.807, 2.05) is 58.0 Å². The highest BCUT2D eigenvalue weighted by Gasteiger charge is 2.45. The zero-order chi connectivity index (χ0) is 27.7. The molecule has 1 fully saturated rings. The Kier molecular flexibility index (Phi) is 7.95. The zero-order valence-electron chi connectivity index (χ0n) is 23.2. The van der Waals surface area contributed by atoms with Crippen LogP contribution in [0.3, 0.4) is 0 Å². The van der Waals surface area contributed by atoms with Gasteiger partial charge in [0.05, 0.1) is 19.8 Å². The van der Waals surface area contributed by atoms with Crippen molar-refractivity contribution in [2.24, 2.45) is 5.41 Å². The topological polar surface area (TPSA) is 97.0 Å². The van der Waals surface area contributed by atoms with Crippen molar-refractivity contribution < 1.29 is 23.9 Å². The van der Waals surface area contributed by atoms with Gasteiger partial charge >= 0.3 is 0 Å². The van der Waals surface area contributed by atoms with Gasteiger partial charge in [0, 0.05) is 34.3 Å². The molecule has 4 rings (SSSR count). The van der Waals surface area contributed by atoms with Gasteiger partial charge in [-0.05, 0) is 68.7 Å². The summed E-state index contributed by atoms with van der Waals surface area (Å²) in [6.45, 7) is 13.2. The van der Waals surface area contributed by atoms with Gasteiger partial charge < -0.3 is 25.0 Å². The summed E-state index contributed by atoms with van der Waals surface area (Å²) >= 11 is 0. The molecule has 0 radical (unpaired) electrons. The lowest BCUT2D eigenvalue weighted by molar-refractivity contribution is -0.229. The lowest BCUT2D eigenvalue weighted by atomic mass is 9.93. The molecule has 38 heavy (non-hydrogen) atoms. The maximum atomic E-state index is 13.8. The van der Waals surface area contributed by atoms with Crippen LogP contribution in [0.4, 0.5) is 11.4 Å². The van der Waals surface area contributed by atoms with Gasteiger partial charge in [0.15, 0.2) is 6.29 Å². The van der Waals surface area contributed by atoms with Crippen LogP contribution in [0.2, 0.25) is 0 Å². The maximum Gasteiger partial charge on any atom is 0.251 e.